The van der Waals surface area contributed by atoms with Gasteiger partial charge in [0.25, 0.3) is 5.91 Å². The number of hydrogen-bond acceptors (Lipinski definition) is 3. The third-order valence-corrected chi connectivity index (χ3v) is 2.86. The van der Waals surface area contributed by atoms with Crippen LogP contribution in [-0.4, -0.2) is 29.1 Å². The van der Waals surface area contributed by atoms with Gasteiger partial charge in [0, 0.05) is 11.3 Å². The predicted molar refractivity (Wildman–Crippen MR) is 78.1 cm³/mol. The number of carbonyl (C=O) groups is 3. The summed E-state index contributed by atoms with van der Waals surface area (Å²) in [5, 5.41) is 13.9. The van der Waals surface area contributed by atoms with Crippen molar-refractivity contribution in [3.05, 3.63) is 29.8 Å². The Labute approximate surface area is 122 Å². The van der Waals surface area contributed by atoms with Gasteiger partial charge in [0.05, 0.1) is 0 Å². The molecule has 0 fully saturated rings. The lowest BCUT2D eigenvalue weighted by atomic mass is 10.1. The first-order valence-corrected chi connectivity index (χ1v) is 6.64. The zero-order valence-corrected chi connectivity index (χ0v) is 11.8. The van der Waals surface area contributed by atoms with Crippen LogP contribution in [-0.2, 0) is 4.79 Å². The molecule has 0 unspecified atom stereocenters. The molecule has 0 heterocycles. The lowest BCUT2D eigenvalue weighted by Crippen LogP contribution is -2.40. The molecular weight excluding hydrogens is 274 g/mol. The van der Waals surface area contributed by atoms with Gasteiger partial charge in [-0.15, -0.1) is 0 Å². The number of rotatable bonds is 7. The molecule has 0 radical (unpaired) electrons. The summed E-state index contributed by atoms with van der Waals surface area (Å²) in [7, 11) is 0. The summed E-state index contributed by atoms with van der Waals surface area (Å²) >= 11 is 0. The minimum absolute atomic E-state index is 0.313. The van der Waals surface area contributed by atoms with E-state index in [0.29, 0.717) is 17.7 Å². The van der Waals surface area contributed by atoms with Crippen LogP contribution >= 0.6 is 0 Å². The number of carbonyl (C=O) groups excluding carboxylic acids is 2. The highest BCUT2D eigenvalue weighted by Gasteiger charge is 2.19. The summed E-state index contributed by atoms with van der Waals surface area (Å²) in [6.07, 6.45) is 1.96. The molecule has 1 aromatic rings. The number of carboxylic acid groups (broad SMARTS) is 1. The molecule has 7 nitrogen and oxygen atoms in total. The fourth-order valence-electron chi connectivity index (χ4n) is 1.75. The zero-order chi connectivity index (χ0) is 15.8. The van der Waals surface area contributed by atoms with Crippen molar-refractivity contribution in [2.24, 2.45) is 5.73 Å². The Balaban J connectivity index is 2.69. The van der Waals surface area contributed by atoms with Crippen LogP contribution in [0.5, 0.6) is 0 Å². The van der Waals surface area contributed by atoms with E-state index < -0.39 is 23.9 Å². The third kappa shape index (κ3) is 5.52. The molecule has 5 N–H and O–H groups in total. The molecule has 1 atom stereocenters. The van der Waals surface area contributed by atoms with Crippen molar-refractivity contribution in [1.82, 2.24) is 5.32 Å². The molecule has 21 heavy (non-hydrogen) atoms. The number of carboxylic acids is 1. The second kappa shape index (κ2) is 7.88. The summed E-state index contributed by atoms with van der Waals surface area (Å²) in [6.45, 7) is 1.95. The number of amides is 3. The van der Waals surface area contributed by atoms with Crippen molar-refractivity contribution in [1.29, 1.82) is 0 Å². The van der Waals surface area contributed by atoms with Gasteiger partial charge >= 0.3 is 12.0 Å². The quantitative estimate of drug-likeness (QED) is 0.609. The molecule has 1 rings (SSSR count). The van der Waals surface area contributed by atoms with Crippen LogP contribution in [0, 0.1) is 0 Å². The van der Waals surface area contributed by atoms with Gasteiger partial charge in [-0.3, -0.25) is 4.79 Å². The maximum atomic E-state index is 12.0. The molecular formula is C14H19N3O4. The lowest BCUT2D eigenvalue weighted by Gasteiger charge is -2.14. The molecule has 0 spiro atoms. The number of hydrogen-bond donors (Lipinski definition) is 4. The molecule has 0 aliphatic heterocycles. The third-order valence-electron chi connectivity index (χ3n) is 2.86. The average molecular weight is 293 g/mol. The fourth-order valence-corrected chi connectivity index (χ4v) is 1.75. The van der Waals surface area contributed by atoms with Gasteiger partial charge < -0.3 is 21.5 Å². The molecule has 3 amide bonds. The monoisotopic (exact) mass is 293 g/mol. The van der Waals surface area contributed by atoms with Gasteiger partial charge in [0.2, 0.25) is 0 Å². The van der Waals surface area contributed by atoms with E-state index in [0.717, 1.165) is 12.8 Å². The number of unbranched alkanes of at least 4 members (excludes halogenated alkanes) is 1. The van der Waals surface area contributed by atoms with Crippen LogP contribution in [0.3, 0.4) is 0 Å². The van der Waals surface area contributed by atoms with Crippen molar-refractivity contribution in [2.75, 3.05) is 5.32 Å². The Bertz CT molecular complexity index is 513. The molecule has 1 aromatic carbocycles. The van der Waals surface area contributed by atoms with Gasteiger partial charge in [0.1, 0.15) is 6.04 Å². The molecule has 0 bridgehead atoms. The largest absolute Gasteiger partial charge is 0.480 e. The van der Waals surface area contributed by atoms with E-state index in [1.807, 2.05) is 6.92 Å². The maximum Gasteiger partial charge on any atom is 0.326 e. The Morgan fingerprint density at radius 3 is 2.33 bits per heavy atom. The minimum atomic E-state index is -1.05. The predicted octanol–water partition coefficient (Wildman–Crippen LogP) is 1.55. The van der Waals surface area contributed by atoms with Crippen molar-refractivity contribution in [2.45, 2.75) is 32.2 Å². The van der Waals surface area contributed by atoms with Crippen LogP contribution < -0.4 is 16.4 Å². The van der Waals surface area contributed by atoms with Crippen molar-refractivity contribution in [3.8, 4) is 0 Å². The normalized spacial score (nSPS) is 11.5. The minimum Gasteiger partial charge on any atom is -0.480 e. The highest BCUT2D eigenvalue weighted by molar-refractivity contribution is 5.97. The summed E-state index contributed by atoms with van der Waals surface area (Å²) in [5.74, 6) is -1.52. The van der Waals surface area contributed by atoms with Gasteiger partial charge in [-0.1, -0.05) is 19.8 Å². The number of aliphatic carboxylic acids is 1. The summed E-state index contributed by atoms with van der Waals surface area (Å²) in [5.41, 5.74) is 5.74. The number of anilines is 1. The van der Waals surface area contributed by atoms with E-state index in [1.165, 1.54) is 24.3 Å². The first kappa shape index (κ1) is 16.5. The number of nitrogens with one attached hydrogen (secondary N) is 2. The Morgan fingerprint density at radius 2 is 1.86 bits per heavy atom. The van der Waals surface area contributed by atoms with Gasteiger partial charge in [-0.2, -0.15) is 0 Å². The number of benzene rings is 1. The Hall–Kier alpha value is -2.57. The van der Waals surface area contributed by atoms with Crippen LogP contribution in [0.15, 0.2) is 24.3 Å². The highest BCUT2D eigenvalue weighted by Crippen LogP contribution is 2.10. The summed E-state index contributed by atoms with van der Waals surface area (Å²) in [4.78, 5) is 33.7. The number of urea groups is 1. The molecule has 0 aliphatic rings. The Morgan fingerprint density at radius 1 is 1.24 bits per heavy atom. The van der Waals surface area contributed by atoms with Crippen molar-refractivity contribution < 1.29 is 19.5 Å². The zero-order valence-electron chi connectivity index (χ0n) is 11.8. The van der Waals surface area contributed by atoms with Crippen LogP contribution in [0.25, 0.3) is 0 Å². The molecule has 114 valence electrons. The summed E-state index contributed by atoms with van der Waals surface area (Å²) < 4.78 is 0. The number of nitrogens with two attached hydrogens (primary N) is 1. The number of primary amides is 1. The van der Waals surface area contributed by atoms with Gasteiger partial charge in [-0.25, -0.2) is 9.59 Å². The van der Waals surface area contributed by atoms with Crippen molar-refractivity contribution >= 4 is 23.6 Å². The SMILES string of the molecule is CCCC[C@H](NC(=O)c1ccc(NC(N)=O)cc1)C(=O)O. The first-order valence-electron chi connectivity index (χ1n) is 6.64. The molecule has 0 aliphatic carbocycles. The van der Waals surface area contributed by atoms with E-state index in [4.69, 9.17) is 10.8 Å². The second-order valence-electron chi connectivity index (χ2n) is 4.57. The topological polar surface area (TPSA) is 122 Å². The van der Waals surface area contributed by atoms with Gasteiger partial charge in [0.15, 0.2) is 0 Å². The van der Waals surface area contributed by atoms with Crippen LogP contribution in [0.4, 0.5) is 10.5 Å². The van der Waals surface area contributed by atoms with E-state index in [9.17, 15) is 14.4 Å². The summed E-state index contributed by atoms with van der Waals surface area (Å²) in [6, 6.07) is 4.40. The molecule has 0 saturated heterocycles. The van der Waals surface area contributed by atoms with Crippen molar-refractivity contribution in [3.63, 3.8) is 0 Å². The molecule has 0 aromatic heterocycles. The van der Waals surface area contributed by atoms with E-state index in [1.54, 1.807) is 0 Å². The molecule has 0 saturated carbocycles. The van der Waals surface area contributed by atoms with Crippen LogP contribution in [0.2, 0.25) is 0 Å². The lowest BCUT2D eigenvalue weighted by molar-refractivity contribution is -0.139. The fraction of sp³-hybridized carbons (Fsp3) is 0.357. The maximum absolute atomic E-state index is 12.0. The smallest absolute Gasteiger partial charge is 0.326 e. The Kier molecular flexibility index (Phi) is 6.19. The average Bonchev–Trinajstić information content (AvgIpc) is 2.43. The van der Waals surface area contributed by atoms with E-state index in [-0.39, 0.29) is 0 Å². The van der Waals surface area contributed by atoms with E-state index in [2.05, 4.69) is 10.6 Å². The molecule has 7 heteroatoms. The standard InChI is InChI=1S/C14H19N3O4/c1-2-3-4-11(13(19)20)17-12(18)9-5-7-10(8-6-9)16-14(15)21/h5-8,11H,2-4H2,1H3,(H,17,18)(H,19,20)(H3,15,16,21)/t11-/m0/s1. The second-order valence-corrected chi connectivity index (χ2v) is 4.57. The van der Waals surface area contributed by atoms with Crippen LogP contribution in [0.1, 0.15) is 36.5 Å². The van der Waals surface area contributed by atoms with E-state index >= 15 is 0 Å². The van der Waals surface area contributed by atoms with Gasteiger partial charge in [-0.05, 0) is 30.7 Å². The highest BCUT2D eigenvalue weighted by atomic mass is 16.4. The first-order chi connectivity index (χ1) is 9.93.